The maximum absolute atomic E-state index is 11.3. The van der Waals surface area contributed by atoms with Gasteiger partial charge in [-0.1, -0.05) is 69.9 Å². The normalized spacial score (nSPS) is 20.0. The van der Waals surface area contributed by atoms with Crippen LogP contribution < -0.4 is 0 Å². The van der Waals surface area contributed by atoms with E-state index in [-0.39, 0.29) is 4.90 Å². The van der Waals surface area contributed by atoms with Gasteiger partial charge in [-0.2, -0.15) is 0 Å². The molecule has 1 fully saturated rings. The van der Waals surface area contributed by atoms with Crippen molar-refractivity contribution in [2.45, 2.75) is 81.4 Å². The predicted octanol–water partition coefficient (Wildman–Crippen LogP) is 6.00. The molecule has 0 radical (unpaired) electrons. The molecule has 0 atom stereocenters. The molecule has 2 nitrogen and oxygen atoms in total. The maximum atomic E-state index is 11.3. The van der Waals surface area contributed by atoms with Gasteiger partial charge in [-0.25, -0.2) is 8.42 Å². The van der Waals surface area contributed by atoms with Crippen LogP contribution in [0.1, 0.15) is 82.1 Å². The maximum Gasteiger partial charge on any atom is 0.261 e. The third-order valence-electron chi connectivity index (χ3n) is 4.74. The van der Waals surface area contributed by atoms with Crippen molar-refractivity contribution in [3.05, 3.63) is 29.8 Å². The summed E-state index contributed by atoms with van der Waals surface area (Å²) in [6.07, 6.45) is 14.5. The summed E-state index contributed by atoms with van der Waals surface area (Å²) in [5.74, 6) is 0.562. The van der Waals surface area contributed by atoms with Crippen LogP contribution in [-0.4, -0.2) is 8.42 Å². The highest BCUT2D eigenvalue weighted by Gasteiger charge is 2.14. The van der Waals surface area contributed by atoms with E-state index in [4.69, 9.17) is 10.7 Å². The molecule has 0 amide bonds. The summed E-state index contributed by atoms with van der Waals surface area (Å²) in [6.45, 7) is 0. The summed E-state index contributed by atoms with van der Waals surface area (Å²) in [4.78, 5) is 0.200. The topological polar surface area (TPSA) is 34.1 Å². The Morgan fingerprint density at radius 2 is 1.14 bits per heavy atom. The van der Waals surface area contributed by atoms with Crippen molar-refractivity contribution < 1.29 is 8.42 Å². The van der Waals surface area contributed by atoms with E-state index in [2.05, 4.69) is 0 Å². The zero-order valence-electron chi connectivity index (χ0n) is 13.3. The van der Waals surface area contributed by atoms with Gasteiger partial charge in [0.2, 0.25) is 0 Å². The Bertz CT molecular complexity index is 525. The molecule has 2 rings (SSSR count). The summed E-state index contributed by atoms with van der Waals surface area (Å²) in [5, 5.41) is 0. The van der Waals surface area contributed by atoms with Gasteiger partial charge in [-0.15, -0.1) is 0 Å². The van der Waals surface area contributed by atoms with Gasteiger partial charge in [0, 0.05) is 10.7 Å². The van der Waals surface area contributed by atoms with Gasteiger partial charge in [0.25, 0.3) is 9.05 Å². The first-order valence-corrected chi connectivity index (χ1v) is 10.9. The van der Waals surface area contributed by atoms with Gasteiger partial charge >= 0.3 is 0 Å². The number of hydrogen-bond acceptors (Lipinski definition) is 2. The summed E-state index contributed by atoms with van der Waals surface area (Å²) in [7, 11) is 1.78. The van der Waals surface area contributed by atoms with E-state index in [1.54, 1.807) is 12.1 Å². The molecule has 1 aliphatic carbocycles. The third-order valence-corrected chi connectivity index (χ3v) is 6.11. The molecule has 0 bridgehead atoms. The number of benzene rings is 1. The summed E-state index contributed by atoms with van der Waals surface area (Å²) >= 11 is 0. The average molecular weight is 343 g/mol. The standard InChI is InChI=1S/C18H27ClO2S/c19-22(20,21)18-14-12-17(13-15-18)16-10-8-6-4-2-1-3-5-7-9-11-16/h12-16H,1-11H2. The number of rotatable bonds is 2. The lowest BCUT2D eigenvalue weighted by Gasteiger charge is -2.18. The van der Waals surface area contributed by atoms with Crippen LogP contribution in [0, 0.1) is 0 Å². The van der Waals surface area contributed by atoms with Gasteiger partial charge in [0.1, 0.15) is 0 Å². The number of hydrogen-bond donors (Lipinski definition) is 0. The van der Waals surface area contributed by atoms with Crippen LogP contribution in [0.15, 0.2) is 29.2 Å². The van der Waals surface area contributed by atoms with Gasteiger partial charge in [-0.05, 0) is 36.5 Å². The minimum absolute atomic E-state index is 0.200. The fourth-order valence-electron chi connectivity index (χ4n) is 3.40. The molecule has 22 heavy (non-hydrogen) atoms. The molecule has 0 saturated heterocycles. The highest BCUT2D eigenvalue weighted by molar-refractivity contribution is 8.13. The zero-order valence-corrected chi connectivity index (χ0v) is 14.8. The van der Waals surface area contributed by atoms with Gasteiger partial charge in [0.15, 0.2) is 0 Å². The summed E-state index contributed by atoms with van der Waals surface area (Å²) in [5.41, 5.74) is 1.26. The Morgan fingerprint density at radius 3 is 1.55 bits per heavy atom. The van der Waals surface area contributed by atoms with Crippen molar-refractivity contribution in [3.8, 4) is 0 Å². The first-order chi connectivity index (χ1) is 10.6. The smallest absolute Gasteiger partial charge is 0.207 e. The van der Waals surface area contributed by atoms with Crippen molar-refractivity contribution in [2.24, 2.45) is 0 Å². The van der Waals surface area contributed by atoms with Crippen LogP contribution in [0.5, 0.6) is 0 Å². The molecular formula is C18H27ClO2S. The van der Waals surface area contributed by atoms with E-state index < -0.39 is 9.05 Å². The van der Waals surface area contributed by atoms with Crippen LogP contribution in [0.3, 0.4) is 0 Å². The molecule has 1 aliphatic rings. The molecule has 0 heterocycles. The quantitative estimate of drug-likeness (QED) is 0.617. The first kappa shape index (κ1) is 17.8. The Morgan fingerprint density at radius 1 is 0.727 bits per heavy atom. The van der Waals surface area contributed by atoms with Crippen LogP contribution in [0.25, 0.3) is 0 Å². The second kappa shape index (κ2) is 8.93. The molecule has 4 heteroatoms. The summed E-state index contributed by atoms with van der Waals surface area (Å²) < 4.78 is 22.7. The minimum atomic E-state index is -3.61. The molecule has 0 unspecified atom stereocenters. The molecule has 1 aromatic rings. The van der Waals surface area contributed by atoms with Crippen molar-refractivity contribution in [1.29, 1.82) is 0 Å². The SMILES string of the molecule is O=S(=O)(Cl)c1ccc(C2CCCCCCCCCCC2)cc1. The largest absolute Gasteiger partial charge is 0.261 e. The van der Waals surface area contributed by atoms with E-state index in [1.807, 2.05) is 12.1 Å². The van der Waals surface area contributed by atoms with E-state index >= 15 is 0 Å². The predicted molar refractivity (Wildman–Crippen MR) is 93.0 cm³/mol. The molecular weight excluding hydrogens is 316 g/mol. The first-order valence-electron chi connectivity index (χ1n) is 8.62. The van der Waals surface area contributed by atoms with E-state index in [0.717, 1.165) is 0 Å². The zero-order chi connectivity index (χ0) is 15.8. The lowest BCUT2D eigenvalue weighted by atomic mass is 9.87. The van der Waals surface area contributed by atoms with Gasteiger partial charge in [-0.3, -0.25) is 0 Å². The fourth-order valence-corrected chi connectivity index (χ4v) is 4.17. The van der Waals surface area contributed by atoms with Crippen molar-refractivity contribution >= 4 is 19.7 Å². The molecule has 0 N–H and O–H groups in total. The van der Waals surface area contributed by atoms with E-state index in [0.29, 0.717) is 5.92 Å². The van der Waals surface area contributed by atoms with Crippen molar-refractivity contribution in [1.82, 2.24) is 0 Å². The second-order valence-corrected chi connectivity index (χ2v) is 9.03. The molecule has 0 spiro atoms. The Hall–Kier alpha value is -0.540. The molecule has 1 aromatic carbocycles. The van der Waals surface area contributed by atoms with Crippen LogP contribution >= 0.6 is 10.7 Å². The second-order valence-electron chi connectivity index (χ2n) is 6.46. The van der Waals surface area contributed by atoms with Crippen LogP contribution in [0.2, 0.25) is 0 Å². The number of halogens is 1. The van der Waals surface area contributed by atoms with Crippen molar-refractivity contribution in [3.63, 3.8) is 0 Å². The lowest BCUT2D eigenvalue weighted by Crippen LogP contribution is -2.01. The van der Waals surface area contributed by atoms with Crippen molar-refractivity contribution in [2.75, 3.05) is 0 Å². The van der Waals surface area contributed by atoms with Crippen LogP contribution in [0.4, 0.5) is 0 Å². The van der Waals surface area contributed by atoms with E-state index in [1.165, 1.54) is 76.2 Å². The van der Waals surface area contributed by atoms with Gasteiger partial charge in [0.05, 0.1) is 4.90 Å². The molecule has 0 aliphatic heterocycles. The molecule has 1 saturated carbocycles. The molecule has 124 valence electrons. The van der Waals surface area contributed by atoms with Crippen LogP contribution in [-0.2, 0) is 9.05 Å². The Labute approximate surface area is 139 Å². The minimum Gasteiger partial charge on any atom is -0.207 e. The van der Waals surface area contributed by atoms with Gasteiger partial charge < -0.3 is 0 Å². The summed E-state index contributed by atoms with van der Waals surface area (Å²) in [6, 6.07) is 7.19. The highest BCUT2D eigenvalue weighted by Crippen LogP contribution is 2.30. The highest BCUT2D eigenvalue weighted by atomic mass is 35.7. The lowest BCUT2D eigenvalue weighted by molar-refractivity contribution is 0.467. The fraction of sp³-hybridized carbons (Fsp3) is 0.667. The Kier molecular flexibility index (Phi) is 7.23. The molecule has 0 aromatic heterocycles. The van der Waals surface area contributed by atoms with E-state index in [9.17, 15) is 8.42 Å². The monoisotopic (exact) mass is 342 g/mol. The third kappa shape index (κ3) is 5.92. The Balaban J connectivity index is 2.02. The average Bonchev–Trinajstić information content (AvgIpc) is 2.47.